The maximum atomic E-state index is 6.61. The van der Waals surface area contributed by atoms with E-state index in [4.69, 9.17) is 15.9 Å². The molecule has 2 nitrogen and oxygen atoms in total. The van der Waals surface area contributed by atoms with E-state index in [9.17, 15) is 0 Å². The van der Waals surface area contributed by atoms with Gasteiger partial charge in [0, 0.05) is 5.04 Å². The van der Waals surface area contributed by atoms with Crippen LogP contribution in [-0.4, -0.2) is 26.4 Å². The summed E-state index contributed by atoms with van der Waals surface area (Å²) < 4.78 is 13.2. The molecule has 0 unspecified atom stereocenters. The molecule has 0 radical (unpaired) electrons. The number of rotatable bonds is 6. The first kappa shape index (κ1) is 23.7. The van der Waals surface area contributed by atoms with Gasteiger partial charge in [-0.2, -0.15) is 0 Å². The van der Waals surface area contributed by atoms with Gasteiger partial charge in [-0.25, -0.2) is 0 Å². The zero-order chi connectivity index (χ0) is 23.9. The summed E-state index contributed by atoms with van der Waals surface area (Å²) in [5, 5.41) is 0.910. The maximum absolute atomic E-state index is 6.61. The lowest BCUT2D eigenvalue weighted by atomic mass is 9.66. The fourth-order valence-electron chi connectivity index (χ4n) is 5.27. The highest BCUT2D eigenvalue weighted by molar-refractivity contribution is 6.94. The molecular formula is C29H35BO2Si. The van der Waals surface area contributed by atoms with Crippen LogP contribution >= 0.6 is 0 Å². The first-order chi connectivity index (χ1) is 15.5. The fourth-order valence-corrected chi connectivity index (χ4v) is 9.43. The largest absolute Gasteiger partial charge is 0.490 e. The van der Waals surface area contributed by atoms with Crippen molar-refractivity contribution >= 4 is 20.4 Å². The first-order valence-corrected chi connectivity index (χ1v) is 14.8. The molecule has 1 aliphatic heterocycles. The van der Waals surface area contributed by atoms with E-state index in [0.29, 0.717) is 0 Å². The third kappa shape index (κ3) is 3.74. The van der Waals surface area contributed by atoms with Gasteiger partial charge in [0.05, 0.1) is 11.2 Å². The van der Waals surface area contributed by atoms with E-state index in [1.54, 1.807) is 0 Å². The van der Waals surface area contributed by atoms with Crippen LogP contribution in [0.3, 0.4) is 0 Å². The van der Waals surface area contributed by atoms with Crippen LogP contribution in [0, 0.1) is 0 Å². The van der Waals surface area contributed by atoms with Gasteiger partial charge in [0.1, 0.15) is 8.07 Å². The van der Waals surface area contributed by atoms with Gasteiger partial charge in [-0.1, -0.05) is 109 Å². The van der Waals surface area contributed by atoms with Crippen molar-refractivity contribution in [1.29, 1.82) is 0 Å². The molecule has 0 bridgehead atoms. The molecule has 3 aromatic rings. The van der Waals surface area contributed by atoms with Crippen LogP contribution in [0.1, 0.15) is 38.8 Å². The van der Waals surface area contributed by atoms with E-state index in [1.165, 1.54) is 16.3 Å². The number of benzene rings is 3. The monoisotopic (exact) mass is 454 g/mol. The molecule has 4 rings (SSSR count). The molecule has 0 atom stereocenters. The van der Waals surface area contributed by atoms with Crippen molar-refractivity contribution in [1.82, 2.24) is 0 Å². The second kappa shape index (κ2) is 8.43. The van der Waals surface area contributed by atoms with Crippen molar-refractivity contribution in [2.75, 3.05) is 0 Å². The second-order valence-electron chi connectivity index (χ2n) is 10.6. The van der Waals surface area contributed by atoms with E-state index < -0.39 is 31.4 Å². The van der Waals surface area contributed by atoms with E-state index in [0.717, 1.165) is 5.47 Å². The van der Waals surface area contributed by atoms with Crippen LogP contribution < -0.4 is 5.19 Å². The standard InChI is InChI=1S/C29H35BO2Si/c1-23(30-31-27(2,3)28(4,5)32-30)29(24-17-11-8-12-18-24,25-19-13-9-14-20-25)33(6,7)26-21-15-10-16-22-26/h8-22H,1H2,2-7H3. The molecule has 0 amide bonds. The summed E-state index contributed by atoms with van der Waals surface area (Å²) in [5.74, 6) is 0. The zero-order valence-corrected chi connectivity index (χ0v) is 21.8. The van der Waals surface area contributed by atoms with Gasteiger partial charge in [0.25, 0.3) is 0 Å². The molecule has 1 heterocycles. The van der Waals surface area contributed by atoms with Crippen LogP contribution in [-0.2, 0) is 14.3 Å². The summed E-state index contributed by atoms with van der Waals surface area (Å²) in [6.07, 6.45) is 0. The molecule has 0 saturated carbocycles. The molecule has 0 aromatic heterocycles. The molecule has 0 N–H and O–H groups in total. The van der Waals surface area contributed by atoms with Gasteiger partial charge in [0.2, 0.25) is 0 Å². The Hall–Kier alpha value is -2.40. The fraction of sp³-hybridized carbons (Fsp3) is 0.310. The molecule has 33 heavy (non-hydrogen) atoms. The molecule has 3 aromatic carbocycles. The Morgan fingerprint density at radius 2 is 1.06 bits per heavy atom. The summed E-state index contributed by atoms with van der Waals surface area (Å²) in [4.78, 5) is 0. The summed E-state index contributed by atoms with van der Waals surface area (Å²) in [5.41, 5.74) is 2.57. The van der Waals surface area contributed by atoms with Crippen molar-refractivity contribution in [2.24, 2.45) is 0 Å². The van der Waals surface area contributed by atoms with Crippen LogP contribution in [0.25, 0.3) is 0 Å². The third-order valence-corrected chi connectivity index (χ3v) is 12.4. The lowest BCUT2D eigenvalue weighted by Gasteiger charge is -2.49. The molecular weight excluding hydrogens is 419 g/mol. The summed E-state index contributed by atoms with van der Waals surface area (Å²) in [6.45, 7) is 18.1. The first-order valence-electron chi connectivity index (χ1n) is 11.8. The smallest absolute Gasteiger partial charge is 0.400 e. The maximum Gasteiger partial charge on any atom is 0.490 e. The summed E-state index contributed by atoms with van der Waals surface area (Å²) in [6, 6.07) is 32.5. The van der Waals surface area contributed by atoms with E-state index in [1.807, 2.05) is 0 Å². The van der Waals surface area contributed by atoms with Gasteiger partial charge >= 0.3 is 7.12 Å². The SMILES string of the molecule is C=C(B1OC(C)(C)C(C)(C)O1)C(c1ccccc1)(c1ccccc1)[Si](C)(C)c1ccccc1. The van der Waals surface area contributed by atoms with Crippen LogP contribution in [0.15, 0.2) is 103 Å². The highest BCUT2D eigenvalue weighted by Gasteiger charge is 2.60. The predicted octanol–water partition coefficient (Wildman–Crippen LogP) is 6.32. The molecule has 0 aliphatic carbocycles. The Morgan fingerprint density at radius 1 is 0.697 bits per heavy atom. The van der Waals surface area contributed by atoms with Crippen molar-refractivity contribution < 1.29 is 9.31 Å². The summed E-state index contributed by atoms with van der Waals surface area (Å²) in [7, 11) is -2.83. The van der Waals surface area contributed by atoms with E-state index in [-0.39, 0.29) is 0 Å². The van der Waals surface area contributed by atoms with Crippen LogP contribution in [0.5, 0.6) is 0 Å². The highest BCUT2D eigenvalue weighted by Crippen LogP contribution is 2.50. The third-order valence-electron chi connectivity index (χ3n) is 7.87. The van der Waals surface area contributed by atoms with Gasteiger partial charge in [-0.05, 0) is 44.3 Å². The normalized spacial score (nSPS) is 17.7. The number of allylic oxidation sites excluding steroid dienone is 1. The Bertz CT molecular complexity index is 1050. The average molecular weight is 454 g/mol. The van der Waals surface area contributed by atoms with Gasteiger partial charge in [-0.15, -0.1) is 6.58 Å². The van der Waals surface area contributed by atoms with E-state index >= 15 is 0 Å². The topological polar surface area (TPSA) is 18.5 Å². The van der Waals surface area contributed by atoms with Crippen LogP contribution in [0.4, 0.5) is 0 Å². The van der Waals surface area contributed by atoms with Crippen molar-refractivity contribution in [2.45, 2.75) is 57.0 Å². The van der Waals surface area contributed by atoms with Crippen molar-refractivity contribution in [3.63, 3.8) is 0 Å². The Labute approximate surface area is 200 Å². The predicted molar refractivity (Wildman–Crippen MR) is 142 cm³/mol. The number of hydrogen-bond acceptors (Lipinski definition) is 2. The average Bonchev–Trinajstić information content (AvgIpc) is 3.03. The Morgan fingerprint density at radius 3 is 1.45 bits per heavy atom. The minimum atomic E-state index is -2.32. The van der Waals surface area contributed by atoms with Gasteiger partial charge in [0.15, 0.2) is 0 Å². The Kier molecular flexibility index (Phi) is 6.07. The molecule has 1 fully saturated rings. The lowest BCUT2D eigenvalue weighted by Crippen LogP contribution is -2.63. The van der Waals surface area contributed by atoms with Crippen molar-refractivity contribution in [3.05, 3.63) is 114 Å². The van der Waals surface area contributed by atoms with E-state index in [2.05, 4.69) is 132 Å². The molecule has 4 heteroatoms. The number of hydrogen-bond donors (Lipinski definition) is 0. The molecule has 1 aliphatic rings. The van der Waals surface area contributed by atoms with Crippen LogP contribution in [0.2, 0.25) is 13.1 Å². The lowest BCUT2D eigenvalue weighted by molar-refractivity contribution is 0.00578. The summed E-state index contributed by atoms with van der Waals surface area (Å²) >= 11 is 0. The Balaban J connectivity index is 2.02. The minimum Gasteiger partial charge on any atom is -0.400 e. The van der Waals surface area contributed by atoms with Crippen molar-refractivity contribution in [3.8, 4) is 0 Å². The molecule has 0 spiro atoms. The quantitative estimate of drug-likeness (QED) is 0.406. The second-order valence-corrected chi connectivity index (χ2v) is 15.2. The van der Waals surface area contributed by atoms with Gasteiger partial charge in [-0.3, -0.25) is 0 Å². The molecule has 1 saturated heterocycles. The highest BCUT2D eigenvalue weighted by atomic mass is 28.3. The van der Waals surface area contributed by atoms with Gasteiger partial charge < -0.3 is 9.31 Å². The molecule has 170 valence electrons. The minimum absolute atomic E-state index is 0.432. The zero-order valence-electron chi connectivity index (χ0n) is 20.8.